The van der Waals surface area contributed by atoms with Crippen molar-refractivity contribution in [3.63, 3.8) is 0 Å². The van der Waals surface area contributed by atoms with Crippen LogP contribution in [0.4, 0.5) is 0 Å². The minimum Gasteiger partial charge on any atom is -0.468 e. The summed E-state index contributed by atoms with van der Waals surface area (Å²) in [4.78, 5) is 35.3. The van der Waals surface area contributed by atoms with Crippen molar-refractivity contribution < 1.29 is 23.9 Å². The molecule has 0 spiro atoms. The first-order chi connectivity index (χ1) is 9.21. The molecular weight excluding hydrogens is 280 g/mol. The zero-order valence-electron chi connectivity index (χ0n) is 12.3. The minimum absolute atomic E-state index is 0.00680. The van der Waals surface area contributed by atoms with Gasteiger partial charge in [0.1, 0.15) is 0 Å². The van der Waals surface area contributed by atoms with E-state index in [1.54, 1.807) is 0 Å². The minimum atomic E-state index is -1.34. The van der Waals surface area contributed by atoms with Gasteiger partial charge in [-0.1, -0.05) is 30.8 Å². The van der Waals surface area contributed by atoms with Gasteiger partial charge >= 0.3 is 11.9 Å². The lowest BCUT2D eigenvalue weighted by molar-refractivity contribution is -0.169. The highest BCUT2D eigenvalue weighted by molar-refractivity contribution is 8.13. The number of methoxy groups -OCH3 is 2. The van der Waals surface area contributed by atoms with Gasteiger partial charge in [-0.3, -0.25) is 14.4 Å². The number of esters is 2. The molecule has 1 unspecified atom stereocenters. The Morgan fingerprint density at radius 2 is 1.75 bits per heavy atom. The van der Waals surface area contributed by atoms with Crippen LogP contribution in [0, 0.1) is 10.8 Å². The Labute approximate surface area is 123 Å². The number of allylic oxidation sites excluding steroid dienone is 1. The van der Waals surface area contributed by atoms with E-state index in [0.717, 1.165) is 5.57 Å². The summed E-state index contributed by atoms with van der Waals surface area (Å²) in [6.07, 6.45) is 0.444. The van der Waals surface area contributed by atoms with E-state index in [0.29, 0.717) is 5.75 Å². The lowest BCUT2D eigenvalue weighted by Gasteiger charge is -2.27. The van der Waals surface area contributed by atoms with Crippen LogP contribution in [0.5, 0.6) is 0 Å². The van der Waals surface area contributed by atoms with E-state index >= 15 is 0 Å². The molecule has 0 saturated heterocycles. The van der Waals surface area contributed by atoms with Crippen molar-refractivity contribution >= 4 is 28.8 Å². The molecule has 1 rings (SSSR count). The van der Waals surface area contributed by atoms with Crippen LogP contribution in [-0.2, 0) is 23.9 Å². The maximum absolute atomic E-state index is 12.1. The van der Waals surface area contributed by atoms with Crippen molar-refractivity contribution in [2.24, 2.45) is 10.8 Å². The van der Waals surface area contributed by atoms with Crippen LogP contribution in [-0.4, -0.2) is 37.0 Å². The van der Waals surface area contributed by atoms with E-state index in [2.05, 4.69) is 6.58 Å². The van der Waals surface area contributed by atoms with Gasteiger partial charge in [0, 0.05) is 12.7 Å². The lowest BCUT2D eigenvalue weighted by Crippen LogP contribution is -2.40. The van der Waals surface area contributed by atoms with Gasteiger partial charge in [0.25, 0.3) is 0 Å². The van der Waals surface area contributed by atoms with Crippen LogP contribution in [0.2, 0.25) is 0 Å². The third-order valence-corrected chi connectivity index (χ3v) is 4.99. The van der Waals surface area contributed by atoms with Gasteiger partial charge in [-0.25, -0.2) is 0 Å². The van der Waals surface area contributed by atoms with Gasteiger partial charge in [0.15, 0.2) is 10.5 Å². The molecule has 1 aliphatic carbocycles. The largest absolute Gasteiger partial charge is 0.468 e. The zero-order chi connectivity index (χ0) is 15.6. The molecule has 0 amide bonds. The monoisotopic (exact) mass is 300 g/mol. The summed E-state index contributed by atoms with van der Waals surface area (Å²) in [7, 11) is 2.49. The van der Waals surface area contributed by atoms with Gasteiger partial charge in [-0.15, -0.1) is 0 Å². The second kappa shape index (κ2) is 5.99. The molecule has 0 aliphatic heterocycles. The molecule has 0 aromatic heterocycles. The van der Waals surface area contributed by atoms with Gasteiger partial charge in [-0.05, 0) is 18.3 Å². The predicted molar refractivity (Wildman–Crippen MR) is 76.1 cm³/mol. The first-order valence-electron chi connectivity index (χ1n) is 6.20. The molecule has 1 atom stereocenters. The third kappa shape index (κ3) is 2.90. The van der Waals surface area contributed by atoms with Crippen LogP contribution >= 0.6 is 11.8 Å². The van der Waals surface area contributed by atoms with Gasteiger partial charge in [0.2, 0.25) is 0 Å². The smallest absolute Gasteiger partial charge is 0.323 e. The number of ether oxygens (including phenoxy) is 2. The van der Waals surface area contributed by atoms with Crippen LogP contribution in [0.25, 0.3) is 0 Å². The Balaban J connectivity index is 3.08. The van der Waals surface area contributed by atoms with E-state index in [-0.39, 0.29) is 18.0 Å². The molecule has 0 aromatic rings. The highest BCUT2D eigenvalue weighted by atomic mass is 32.2. The van der Waals surface area contributed by atoms with Crippen molar-refractivity contribution in [3.05, 3.63) is 12.2 Å². The predicted octanol–water partition coefficient (Wildman–Crippen LogP) is 1.95. The summed E-state index contributed by atoms with van der Waals surface area (Å²) in [5.41, 5.74) is -1.05. The number of thioether (sulfide) groups is 1. The number of carbonyl (C=O) groups excluding carboxylic acids is 3. The van der Waals surface area contributed by atoms with Crippen molar-refractivity contribution in [1.29, 1.82) is 0 Å². The van der Waals surface area contributed by atoms with Gasteiger partial charge < -0.3 is 9.47 Å². The highest BCUT2D eigenvalue weighted by Crippen LogP contribution is 2.54. The fraction of sp³-hybridized carbons (Fsp3) is 0.643. The number of carbonyl (C=O) groups is 3. The van der Waals surface area contributed by atoms with Gasteiger partial charge in [-0.2, -0.15) is 0 Å². The molecule has 0 N–H and O–H groups in total. The lowest BCUT2D eigenvalue weighted by atomic mass is 9.81. The molecule has 1 fully saturated rings. The van der Waals surface area contributed by atoms with Crippen LogP contribution in [0.3, 0.4) is 0 Å². The maximum atomic E-state index is 12.1. The normalized spacial score (nSPS) is 24.3. The molecular formula is C14H20O5S. The van der Waals surface area contributed by atoms with Gasteiger partial charge in [0.05, 0.1) is 14.2 Å². The highest BCUT2D eigenvalue weighted by Gasteiger charge is 2.59. The van der Waals surface area contributed by atoms with Crippen molar-refractivity contribution in [3.8, 4) is 0 Å². The SMILES string of the molecule is C=C1CC(C(=O)OC)(C(=O)OC)CC1(C)CSC(C)=O. The van der Waals surface area contributed by atoms with Crippen LogP contribution in [0.1, 0.15) is 26.7 Å². The fourth-order valence-corrected chi connectivity index (χ4v) is 3.44. The first kappa shape index (κ1) is 16.8. The van der Waals surface area contributed by atoms with E-state index in [4.69, 9.17) is 9.47 Å². The van der Waals surface area contributed by atoms with E-state index in [1.165, 1.54) is 32.9 Å². The quantitative estimate of drug-likeness (QED) is 0.449. The summed E-state index contributed by atoms with van der Waals surface area (Å²) < 4.78 is 9.55. The number of rotatable bonds is 4. The molecule has 112 valence electrons. The molecule has 1 saturated carbocycles. The summed E-state index contributed by atoms with van der Waals surface area (Å²) in [5, 5.41) is -0.00680. The van der Waals surface area contributed by atoms with Crippen molar-refractivity contribution in [2.45, 2.75) is 26.7 Å². The average molecular weight is 300 g/mol. The Morgan fingerprint density at radius 1 is 1.25 bits per heavy atom. The second-order valence-electron chi connectivity index (χ2n) is 5.36. The molecule has 0 aromatic carbocycles. The summed E-state index contributed by atoms with van der Waals surface area (Å²) in [5.74, 6) is -0.735. The number of hydrogen-bond acceptors (Lipinski definition) is 6. The summed E-state index contributed by atoms with van der Waals surface area (Å²) in [6, 6.07) is 0. The summed E-state index contributed by atoms with van der Waals surface area (Å²) >= 11 is 1.17. The standard InChI is InChI=1S/C14H20O5S/c1-9-6-14(11(16)18-4,12(17)19-5)7-13(9,3)8-20-10(2)15/h1,6-8H2,2-5H3. The van der Waals surface area contributed by atoms with Crippen LogP contribution < -0.4 is 0 Å². The molecule has 0 radical (unpaired) electrons. The summed E-state index contributed by atoms with van der Waals surface area (Å²) in [6.45, 7) is 7.36. The maximum Gasteiger partial charge on any atom is 0.323 e. The Hall–Kier alpha value is -1.30. The van der Waals surface area contributed by atoms with Crippen LogP contribution in [0.15, 0.2) is 12.2 Å². The second-order valence-corrected chi connectivity index (χ2v) is 6.52. The fourth-order valence-electron chi connectivity index (χ4n) is 2.61. The zero-order valence-corrected chi connectivity index (χ0v) is 13.1. The topological polar surface area (TPSA) is 69.7 Å². The van der Waals surface area contributed by atoms with Crippen molar-refractivity contribution in [1.82, 2.24) is 0 Å². The number of hydrogen-bond donors (Lipinski definition) is 0. The first-order valence-corrected chi connectivity index (χ1v) is 7.19. The Bertz CT molecular complexity index is 440. The molecule has 6 heteroatoms. The average Bonchev–Trinajstić information content (AvgIpc) is 2.68. The molecule has 0 heterocycles. The van der Waals surface area contributed by atoms with E-state index in [1.807, 2.05) is 6.92 Å². The Kier molecular flexibility index (Phi) is 5.02. The third-order valence-electron chi connectivity index (χ3n) is 3.81. The Morgan fingerprint density at radius 3 is 2.15 bits per heavy atom. The molecule has 20 heavy (non-hydrogen) atoms. The van der Waals surface area contributed by atoms with E-state index in [9.17, 15) is 14.4 Å². The molecule has 0 bridgehead atoms. The molecule has 1 aliphatic rings. The van der Waals surface area contributed by atoms with Crippen molar-refractivity contribution in [2.75, 3.05) is 20.0 Å². The molecule has 5 nitrogen and oxygen atoms in total. The van der Waals surface area contributed by atoms with E-state index < -0.39 is 22.8 Å².